The number of benzene rings is 2. The van der Waals surface area contributed by atoms with Crippen molar-refractivity contribution in [2.75, 3.05) is 0 Å². The first kappa shape index (κ1) is 12.6. The maximum atomic E-state index is 13.2. The van der Waals surface area contributed by atoms with Crippen molar-refractivity contribution in [3.8, 4) is 6.07 Å². The fourth-order valence-electron chi connectivity index (χ4n) is 2.70. The second-order valence-electron chi connectivity index (χ2n) is 4.98. The first-order valence-corrected chi connectivity index (χ1v) is 6.47. The monoisotopic (exact) mass is 265 g/mol. The number of nitrogens with zero attached hydrogens (tertiary/aromatic N) is 1. The molecule has 3 rings (SSSR count). The highest BCUT2D eigenvalue weighted by Crippen LogP contribution is 2.38. The average Bonchev–Trinajstić information content (AvgIpc) is 2.41. The van der Waals surface area contributed by atoms with Gasteiger partial charge in [-0.25, -0.2) is 4.39 Å². The Balaban J connectivity index is 1.89. The molecule has 0 radical (unpaired) electrons. The predicted molar refractivity (Wildman–Crippen MR) is 72.6 cm³/mol. The number of Topliss-reactive ketones (excluding diaryl/α,β-unsaturated/α-hetero) is 1. The second-order valence-corrected chi connectivity index (χ2v) is 4.98. The van der Waals surface area contributed by atoms with Crippen LogP contribution in [0, 0.1) is 17.1 Å². The van der Waals surface area contributed by atoms with Gasteiger partial charge in [0.15, 0.2) is 5.78 Å². The van der Waals surface area contributed by atoms with Crippen LogP contribution >= 0.6 is 0 Å². The van der Waals surface area contributed by atoms with E-state index in [1.165, 1.54) is 18.2 Å². The molecule has 0 aromatic heterocycles. The molecule has 0 bridgehead atoms. The lowest BCUT2D eigenvalue weighted by Gasteiger charge is -2.30. The topological polar surface area (TPSA) is 40.9 Å². The van der Waals surface area contributed by atoms with Crippen molar-refractivity contribution in [1.29, 1.82) is 5.26 Å². The third-order valence-electron chi connectivity index (χ3n) is 3.79. The molecule has 3 heteroatoms. The lowest BCUT2D eigenvalue weighted by molar-refractivity contribution is -0.121. The maximum Gasteiger partial charge on any atom is 0.162 e. The van der Waals surface area contributed by atoms with E-state index in [2.05, 4.69) is 0 Å². The van der Waals surface area contributed by atoms with Crippen molar-refractivity contribution < 1.29 is 9.18 Å². The van der Waals surface area contributed by atoms with Gasteiger partial charge in [-0.15, -0.1) is 0 Å². The van der Waals surface area contributed by atoms with Crippen LogP contribution in [0.5, 0.6) is 0 Å². The number of halogens is 1. The summed E-state index contributed by atoms with van der Waals surface area (Å²) in [6, 6.07) is 15.5. The van der Waals surface area contributed by atoms with Gasteiger partial charge >= 0.3 is 0 Å². The third kappa shape index (κ3) is 2.00. The molecule has 0 fully saturated rings. The number of fused-ring (bicyclic) bond motifs is 1. The summed E-state index contributed by atoms with van der Waals surface area (Å²) >= 11 is 0. The van der Waals surface area contributed by atoms with Crippen molar-refractivity contribution in [3.05, 3.63) is 71.0 Å². The van der Waals surface area contributed by atoms with Crippen LogP contribution in [0.2, 0.25) is 0 Å². The van der Waals surface area contributed by atoms with E-state index in [4.69, 9.17) is 0 Å². The van der Waals surface area contributed by atoms with E-state index in [0.717, 1.165) is 11.1 Å². The van der Waals surface area contributed by atoms with Gasteiger partial charge in [-0.1, -0.05) is 36.4 Å². The summed E-state index contributed by atoms with van der Waals surface area (Å²) in [6.07, 6.45) is 0.669. The zero-order chi connectivity index (χ0) is 14.1. The summed E-state index contributed by atoms with van der Waals surface area (Å²) in [7, 11) is 0. The van der Waals surface area contributed by atoms with Gasteiger partial charge in [0.25, 0.3) is 0 Å². The lowest BCUT2D eigenvalue weighted by Crippen LogP contribution is -2.29. The van der Waals surface area contributed by atoms with Crippen molar-refractivity contribution in [1.82, 2.24) is 0 Å². The number of carbonyl (C=O) groups excluding carboxylic acids is 1. The molecule has 2 unspecified atom stereocenters. The molecule has 0 spiro atoms. The molecule has 98 valence electrons. The summed E-state index contributed by atoms with van der Waals surface area (Å²) in [5.74, 6) is -1.70. The molecule has 1 aliphatic carbocycles. The average molecular weight is 265 g/mol. The van der Waals surface area contributed by atoms with Crippen LogP contribution in [0.1, 0.15) is 28.5 Å². The van der Waals surface area contributed by atoms with E-state index in [0.29, 0.717) is 12.0 Å². The fourth-order valence-corrected chi connectivity index (χ4v) is 2.70. The molecule has 0 saturated heterocycles. The largest absolute Gasteiger partial charge is 0.297 e. The normalized spacial score (nSPS) is 17.5. The summed E-state index contributed by atoms with van der Waals surface area (Å²) in [5.41, 5.74) is 2.58. The number of hydrogen-bond donors (Lipinski definition) is 0. The van der Waals surface area contributed by atoms with Gasteiger partial charge in [-0.2, -0.15) is 5.26 Å². The van der Waals surface area contributed by atoms with Gasteiger partial charge in [-0.05, 0) is 35.2 Å². The van der Waals surface area contributed by atoms with E-state index in [1.54, 1.807) is 6.07 Å². The minimum Gasteiger partial charge on any atom is -0.297 e. The smallest absolute Gasteiger partial charge is 0.162 e. The summed E-state index contributed by atoms with van der Waals surface area (Å²) in [6.45, 7) is 0. The fraction of sp³-hybridized carbons (Fsp3) is 0.176. The van der Waals surface area contributed by atoms with Crippen LogP contribution in [-0.2, 0) is 11.2 Å². The number of carbonyl (C=O) groups is 1. The van der Waals surface area contributed by atoms with E-state index >= 15 is 0 Å². The van der Waals surface area contributed by atoms with Crippen LogP contribution in [0.3, 0.4) is 0 Å². The zero-order valence-corrected chi connectivity index (χ0v) is 10.7. The van der Waals surface area contributed by atoms with Gasteiger partial charge in [0.05, 0.1) is 6.07 Å². The zero-order valence-electron chi connectivity index (χ0n) is 10.7. The highest BCUT2D eigenvalue weighted by Gasteiger charge is 2.36. The molecule has 0 heterocycles. The molecular weight excluding hydrogens is 253 g/mol. The van der Waals surface area contributed by atoms with E-state index in [1.807, 2.05) is 30.3 Å². The first-order valence-electron chi connectivity index (χ1n) is 6.47. The molecule has 2 nitrogen and oxygen atoms in total. The van der Waals surface area contributed by atoms with Crippen molar-refractivity contribution >= 4 is 5.78 Å². The number of hydrogen-bond acceptors (Lipinski definition) is 2. The van der Waals surface area contributed by atoms with E-state index in [-0.39, 0.29) is 11.7 Å². The van der Waals surface area contributed by atoms with E-state index < -0.39 is 11.7 Å². The van der Waals surface area contributed by atoms with Crippen molar-refractivity contribution in [2.24, 2.45) is 0 Å². The SMILES string of the molecule is N#CC(C(=O)C1Cc2ccccc21)c1cccc(F)c1. The van der Waals surface area contributed by atoms with E-state index in [9.17, 15) is 14.4 Å². The number of ketones is 1. The Morgan fingerprint density at radius 3 is 2.75 bits per heavy atom. The Bertz CT molecular complexity index is 717. The lowest BCUT2D eigenvalue weighted by atomic mass is 9.71. The van der Waals surface area contributed by atoms with Gasteiger partial charge in [0.1, 0.15) is 11.7 Å². The molecule has 2 aromatic carbocycles. The van der Waals surface area contributed by atoms with Gasteiger partial charge in [0.2, 0.25) is 0 Å². The van der Waals surface area contributed by atoms with Crippen LogP contribution in [0.15, 0.2) is 48.5 Å². The quantitative estimate of drug-likeness (QED) is 0.854. The van der Waals surface area contributed by atoms with Crippen LogP contribution < -0.4 is 0 Å². The Morgan fingerprint density at radius 1 is 1.25 bits per heavy atom. The Hall–Kier alpha value is -2.47. The standard InChI is InChI=1S/C17H12FNO/c18-13-6-3-5-11(8-13)16(10-19)17(20)15-9-12-4-1-2-7-14(12)15/h1-8,15-16H,9H2. The van der Waals surface area contributed by atoms with Crippen molar-refractivity contribution in [2.45, 2.75) is 18.3 Å². The highest BCUT2D eigenvalue weighted by molar-refractivity contribution is 5.96. The molecule has 20 heavy (non-hydrogen) atoms. The molecule has 2 atom stereocenters. The molecule has 1 aliphatic rings. The summed E-state index contributed by atoms with van der Waals surface area (Å²) in [4.78, 5) is 12.5. The molecule has 0 N–H and O–H groups in total. The van der Waals surface area contributed by atoms with Crippen LogP contribution in [0.4, 0.5) is 4.39 Å². The Morgan fingerprint density at radius 2 is 2.05 bits per heavy atom. The summed E-state index contributed by atoms with van der Waals surface area (Å²) < 4.78 is 13.2. The Labute approximate surface area is 116 Å². The second kappa shape index (κ2) is 4.90. The molecule has 2 aromatic rings. The van der Waals surface area contributed by atoms with Crippen molar-refractivity contribution in [3.63, 3.8) is 0 Å². The molecular formula is C17H12FNO. The number of rotatable bonds is 3. The molecule has 0 amide bonds. The summed E-state index contributed by atoms with van der Waals surface area (Å²) in [5, 5.41) is 9.26. The van der Waals surface area contributed by atoms with Gasteiger partial charge in [0, 0.05) is 5.92 Å². The molecule has 0 saturated carbocycles. The number of nitriles is 1. The minimum atomic E-state index is -0.899. The minimum absolute atomic E-state index is 0.142. The van der Waals surface area contributed by atoms with Crippen LogP contribution in [-0.4, -0.2) is 5.78 Å². The molecule has 0 aliphatic heterocycles. The maximum absolute atomic E-state index is 13.2. The highest BCUT2D eigenvalue weighted by atomic mass is 19.1. The predicted octanol–water partition coefficient (Wildman–Crippen LogP) is 3.34. The van der Waals surface area contributed by atoms with Gasteiger partial charge in [-0.3, -0.25) is 4.79 Å². The van der Waals surface area contributed by atoms with Gasteiger partial charge < -0.3 is 0 Å². The van der Waals surface area contributed by atoms with Crippen LogP contribution in [0.25, 0.3) is 0 Å². The third-order valence-corrected chi connectivity index (χ3v) is 3.79. The Kier molecular flexibility index (Phi) is 3.08. The first-order chi connectivity index (χ1) is 9.70.